The number of β-lactam (4-membered cyclic amide) rings is 1. The Morgan fingerprint density at radius 3 is 2.74 bits per heavy atom. The Hall–Kier alpha value is -2.48. The highest BCUT2D eigenvalue weighted by Gasteiger charge is 2.39. The SMILES string of the molecule is O=C(CN1C(=O)CC1CC(O)C[N+](=O)[O-])OCc1ccccc1. The first-order chi connectivity index (χ1) is 11.0. The molecule has 2 rings (SSSR count). The number of hydrogen-bond donors (Lipinski definition) is 1. The maximum atomic E-state index is 11.8. The van der Waals surface area contributed by atoms with Crippen molar-refractivity contribution in [3.8, 4) is 0 Å². The summed E-state index contributed by atoms with van der Waals surface area (Å²) in [6.45, 7) is -0.658. The highest BCUT2D eigenvalue weighted by Crippen LogP contribution is 2.23. The maximum Gasteiger partial charge on any atom is 0.325 e. The van der Waals surface area contributed by atoms with Crippen LogP contribution < -0.4 is 0 Å². The molecule has 0 aromatic heterocycles. The van der Waals surface area contributed by atoms with Crippen LogP contribution in [-0.2, 0) is 20.9 Å². The minimum absolute atomic E-state index is 0.0820. The lowest BCUT2D eigenvalue weighted by Crippen LogP contribution is -2.56. The molecule has 1 aliphatic rings. The van der Waals surface area contributed by atoms with Gasteiger partial charge in [0.1, 0.15) is 19.3 Å². The molecule has 1 N–H and O–H groups in total. The number of rotatable bonds is 8. The van der Waals surface area contributed by atoms with E-state index in [1.54, 1.807) is 0 Å². The van der Waals surface area contributed by atoms with Crippen LogP contribution in [0.15, 0.2) is 30.3 Å². The van der Waals surface area contributed by atoms with E-state index in [2.05, 4.69) is 0 Å². The van der Waals surface area contributed by atoms with Gasteiger partial charge in [0.25, 0.3) is 0 Å². The number of aliphatic hydroxyl groups excluding tert-OH is 1. The molecule has 1 aromatic carbocycles. The van der Waals surface area contributed by atoms with E-state index in [4.69, 9.17) is 4.74 Å². The van der Waals surface area contributed by atoms with Gasteiger partial charge in [-0.1, -0.05) is 30.3 Å². The molecule has 8 nitrogen and oxygen atoms in total. The fourth-order valence-electron chi connectivity index (χ4n) is 2.43. The van der Waals surface area contributed by atoms with Crippen LogP contribution in [0.4, 0.5) is 0 Å². The van der Waals surface area contributed by atoms with E-state index in [-0.39, 0.29) is 37.9 Å². The number of benzene rings is 1. The summed E-state index contributed by atoms with van der Waals surface area (Å²) >= 11 is 0. The third kappa shape index (κ3) is 5.03. The molecule has 0 saturated carbocycles. The van der Waals surface area contributed by atoms with Gasteiger partial charge >= 0.3 is 5.97 Å². The quantitative estimate of drug-likeness (QED) is 0.320. The second-order valence-electron chi connectivity index (χ2n) is 5.43. The van der Waals surface area contributed by atoms with Crippen LogP contribution in [0, 0.1) is 10.1 Å². The van der Waals surface area contributed by atoms with E-state index >= 15 is 0 Å². The number of amides is 1. The Morgan fingerprint density at radius 2 is 2.13 bits per heavy atom. The average molecular weight is 322 g/mol. The number of carbonyl (C=O) groups is 2. The van der Waals surface area contributed by atoms with Crippen LogP contribution in [0.1, 0.15) is 18.4 Å². The van der Waals surface area contributed by atoms with Crippen molar-refractivity contribution in [2.45, 2.75) is 31.6 Å². The zero-order valence-corrected chi connectivity index (χ0v) is 12.5. The van der Waals surface area contributed by atoms with E-state index in [9.17, 15) is 24.8 Å². The number of aliphatic hydroxyl groups is 1. The van der Waals surface area contributed by atoms with Crippen LogP contribution in [-0.4, -0.2) is 52.0 Å². The molecule has 23 heavy (non-hydrogen) atoms. The summed E-state index contributed by atoms with van der Waals surface area (Å²) < 4.78 is 5.10. The molecule has 1 aliphatic heterocycles. The number of ether oxygens (including phenoxy) is 1. The van der Waals surface area contributed by atoms with Gasteiger partial charge in [-0.3, -0.25) is 19.7 Å². The predicted octanol–water partition coefficient (Wildman–Crippen LogP) is 0.358. The van der Waals surface area contributed by atoms with Gasteiger partial charge < -0.3 is 14.7 Å². The highest BCUT2D eigenvalue weighted by atomic mass is 16.6. The van der Waals surface area contributed by atoms with Gasteiger partial charge in [0.2, 0.25) is 12.5 Å². The van der Waals surface area contributed by atoms with Gasteiger partial charge in [-0.15, -0.1) is 0 Å². The number of nitro groups is 1. The van der Waals surface area contributed by atoms with Gasteiger partial charge in [-0.2, -0.15) is 0 Å². The normalized spacial score (nSPS) is 18.2. The summed E-state index contributed by atoms with van der Waals surface area (Å²) in [7, 11) is 0. The fourth-order valence-corrected chi connectivity index (χ4v) is 2.43. The summed E-state index contributed by atoms with van der Waals surface area (Å²) in [5, 5.41) is 19.9. The number of likely N-dealkylation sites (tertiary alicyclic amines) is 1. The summed E-state index contributed by atoms with van der Waals surface area (Å²) in [6.07, 6.45) is -0.870. The molecular weight excluding hydrogens is 304 g/mol. The van der Waals surface area contributed by atoms with Crippen molar-refractivity contribution in [2.75, 3.05) is 13.1 Å². The van der Waals surface area contributed by atoms with Gasteiger partial charge in [0.05, 0.1) is 0 Å². The summed E-state index contributed by atoms with van der Waals surface area (Å²) in [6, 6.07) is 8.79. The zero-order valence-electron chi connectivity index (χ0n) is 12.5. The van der Waals surface area contributed by atoms with E-state index < -0.39 is 23.5 Å². The van der Waals surface area contributed by atoms with Crippen LogP contribution in [0.2, 0.25) is 0 Å². The first kappa shape index (κ1) is 16.9. The van der Waals surface area contributed by atoms with Crippen molar-refractivity contribution in [2.24, 2.45) is 0 Å². The minimum atomic E-state index is -1.13. The van der Waals surface area contributed by atoms with Gasteiger partial charge in [-0.05, 0) is 5.56 Å². The monoisotopic (exact) mass is 322 g/mol. The summed E-state index contributed by atoms with van der Waals surface area (Å²) in [4.78, 5) is 34.4. The topological polar surface area (TPSA) is 110 Å². The number of esters is 1. The summed E-state index contributed by atoms with van der Waals surface area (Å²) in [5.41, 5.74) is 0.841. The molecule has 1 heterocycles. The van der Waals surface area contributed by atoms with Crippen LogP contribution in [0.5, 0.6) is 0 Å². The Balaban J connectivity index is 1.77. The maximum absolute atomic E-state index is 11.8. The smallest absolute Gasteiger partial charge is 0.325 e. The molecule has 2 unspecified atom stereocenters. The standard InChI is InChI=1S/C15H18N2O6/c18-13(8-17(21)22)6-12-7-14(19)16(12)9-15(20)23-10-11-4-2-1-3-5-11/h1-5,12-13,18H,6-10H2. The molecule has 0 bridgehead atoms. The van der Waals surface area contributed by atoms with Crippen molar-refractivity contribution in [1.29, 1.82) is 0 Å². The molecule has 0 spiro atoms. The van der Waals surface area contributed by atoms with Gasteiger partial charge in [0, 0.05) is 23.8 Å². The van der Waals surface area contributed by atoms with Gasteiger partial charge in [-0.25, -0.2) is 0 Å². The predicted molar refractivity (Wildman–Crippen MR) is 78.8 cm³/mol. The van der Waals surface area contributed by atoms with Crippen molar-refractivity contribution in [3.05, 3.63) is 46.0 Å². The Bertz CT molecular complexity index is 577. The third-order valence-corrected chi connectivity index (χ3v) is 3.62. The Kier molecular flexibility index (Phi) is 5.64. The second-order valence-corrected chi connectivity index (χ2v) is 5.43. The molecule has 1 aromatic rings. The molecule has 0 aliphatic carbocycles. The van der Waals surface area contributed by atoms with Crippen molar-refractivity contribution in [1.82, 2.24) is 4.90 Å². The van der Waals surface area contributed by atoms with E-state index in [1.165, 1.54) is 4.90 Å². The molecular formula is C15H18N2O6. The average Bonchev–Trinajstić information content (AvgIpc) is 2.50. The molecule has 1 saturated heterocycles. The minimum Gasteiger partial charge on any atom is -0.459 e. The first-order valence-corrected chi connectivity index (χ1v) is 7.24. The van der Waals surface area contributed by atoms with Crippen molar-refractivity contribution < 1.29 is 24.4 Å². The van der Waals surface area contributed by atoms with E-state index in [0.29, 0.717) is 0 Å². The molecule has 1 amide bonds. The molecule has 8 heteroatoms. The van der Waals surface area contributed by atoms with Crippen molar-refractivity contribution >= 4 is 11.9 Å². The number of carbonyl (C=O) groups excluding carboxylic acids is 2. The van der Waals surface area contributed by atoms with Crippen LogP contribution in [0.25, 0.3) is 0 Å². The molecule has 1 fully saturated rings. The first-order valence-electron chi connectivity index (χ1n) is 7.24. The van der Waals surface area contributed by atoms with Crippen LogP contribution in [0.3, 0.4) is 0 Å². The van der Waals surface area contributed by atoms with Crippen LogP contribution >= 0.6 is 0 Å². The largest absolute Gasteiger partial charge is 0.459 e. The van der Waals surface area contributed by atoms with Gasteiger partial charge in [0.15, 0.2) is 0 Å². The van der Waals surface area contributed by atoms with E-state index in [0.717, 1.165) is 5.56 Å². The lowest BCUT2D eigenvalue weighted by molar-refractivity contribution is -0.490. The Morgan fingerprint density at radius 1 is 1.43 bits per heavy atom. The molecule has 124 valence electrons. The lowest BCUT2D eigenvalue weighted by atomic mass is 9.95. The number of nitrogens with zero attached hydrogens (tertiary/aromatic N) is 2. The lowest BCUT2D eigenvalue weighted by Gasteiger charge is -2.40. The van der Waals surface area contributed by atoms with E-state index in [1.807, 2.05) is 30.3 Å². The summed E-state index contributed by atoms with van der Waals surface area (Å²) in [5.74, 6) is -0.768. The Labute approximate surface area is 132 Å². The molecule has 0 radical (unpaired) electrons. The number of hydrogen-bond acceptors (Lipinski definition) is 6. The third-order valence-electron chi connectivity index (χ3n) is 3.62. The fraction of sp³-hybridized carbons (Fsp3) is 0.467. The van der Waals surface area contributed by atoms with Crippen molar-refractivity contribution in [3.63, 3.8) is 0 Å². The second kappa shape index (κ2) is 7.68. The highest BCUT2D eigenvalue weighted by molar-refractivity contribution is 5.87. The molecule has 2 atom stereocenters. The zero-order chi connectivity index (χ0) is 16.8.